The largest absolute Gasteiger partial charge is 0.342 e. The molecule has 0 saturated carbocycles. The van der Waals surface area contributed by atoms with Gasteiger partial charge in [0, 0.05) is 20.5 Å². The van der Waals surface area contributed by atoms with E-state index in [1.807, 2.05) is 43.4 Å². The Hall–Kier alpha value is -2.35. The van der Waals surface area contributed by atoms with Gasteiger partial charge in [-0.25, -0.2) is 0 Å². The molecule has 0 bridgehead atoms. The molecule has 0 N–H and O–H groups in total. The van der Waals surface area contributed by atoms with Crippen molar-refractivity contribution >= 4 is 17.6 Å². The van der Waals surface area contributed by atoms with Crippen LogP contribution in [0.3, 0.4) is 0 Å². The number of carbonyl (C=O) groups excluding carboxylic acids is 1. The molecule has 0 heterocycles. The Balaban J connectivity index is 2.34. The van der Waals surface area contributed by atoms with Crippen LogP contribution >= 0.6 is 0 Å². The average Bonchev–Trinajstić information content (AvgIpc) is 2.48. The van der Waals surface area contributed by atoms with Gasteiger partial charge in [-0.1, -0.05) is 60.7 Å². The van der Waals surface area contributed by atoms with Crippen LogP contribution in [0.4, 0.5) is 0 Å². The molecule has 1 amide bonds. The van der Waals surface area contributed by atoms with Gasteiger partial charge in [0.25, 0.3) is 0 Å². The van der Waals surface area contributed by atoms with Crippen LogP contribution in [-0.2, 0) is 4.79 Å². The summed E-state index contributed by atoms with van der Waals surface area (Å²) in [4.78, 5) is 13.2. The van der Waals surface area contributed by atoms with E-state index >= 15 is 0 Å². The summed E-state index contributed by atoms with van der Waals surface area (Å²) < 4.78 is 0. The van der Waals surface area contributed by atoms with Crippen molar-refractivity contribution in [1.29, 1.82) is 0 Å². The van der Waals surface area contributed by atoms with Crippen LogP contribution in [0.1, 0.15) is 18.1 Å². The molecule has 0 atom stereocenters. The Morgan fingerprint density at radius 1 is 1.00 bits per heavy atom. The lowest BCUT2D eigenvalue weighted by Crippen LogP contribution is -2.25. The smallest absolute Gasteiger partial charge is 0.219 e. The first kappa shape index (κ1) is 14.1. The third kappa shape index (κ3) is 3.82. The highest BCUT2D eigenvalue weighted by molar-refractivity contribution is 5.85. The lowest BCUT2D eigenvalue weighted by Gasteiger charge is -2.18. The van der Waals surface area contributed by atoms with Gasteiger partial charge in [-0.15, -0.1) is 0 Å². The Morgan fingerprint density at radius 3 is 2.10 bits per heavy atom. The maximum atomic E-state index is 11.5. The van der Waals surface area contributed by atoms with Crippen LogP contribution in [0.15, 0.2) is 60.7 Å². The van der Waals surface area contributed by atoms with E-state index in [4.69, 9.17) is 0 Å². The Labute approximate surface area is 120 Å². The van der Waals surface area contributed by atoms with Gasteiger partial charge in [-0.3, -0.25) is 4.79 Å². The van der Waals surface area contributed by atoms with Crippen molar-refractivity contribution in [1.82, 2.24) is 4.90 Å². The number of carbonyl (C=O) groups is 1. The van der Waals surface area contributed by atoms with E-state index in [1.54, 1.807) is 11.8 Å². The standard InChI is InChI=1S/C18H19NO/c1-15(20)19(2)14-18(17-11-7-4-8-12-17)13-16-9-5-3-6-10-16/h3-13H,14H2,1-2H3/b18-13-. The minimum Gasteiger partial charge on any atom is -0.342 e. The van der Waals surface area contributed by atoms with E-state index in [1.165, 1.54) is 0 Å². The molecule has 2 rings (SSSR count). The zero-order valence-electron chi connectivity index (χ0n) is 11.9. The molecule has 2 aromatic rings. The van der Waals surface area contributed by atoms with Gasteiger partial charge in [0.15, 0.2) is 0 Å². The van der Waals surface area contributed by atoms with Gasteiger partial charge in [0.05, 0.1) is 0 Å². The molecule has 0 fully saturated rings. The van der Waals surface area contributed by atoms with E-state index < -0.39 is 0 Å². The van der Waals surface area contributed by atoms with E-state index in [2.05, 4.69) is 30.3 Å². The lowest BCUT2D eigenvalue weighted by molar-refractivity contribution is -0.126. The molecule has 0 radical (unpaired) electrons. The van der Waals surface area contributed by atoms with Crippen LogP contribution in [-0.4, -0.2) is 24.4 Å². The molecular formula is C18H19NO. The van der Waals surface area contributed by atoms with Crippen molar-refractivity contribution in [3.8, 4) is 0 Å². The van der Waals surface area contributed by atoms with Crippen LogP contribution in [0, 0.1) is 0 Å². The molecule has 0 aliphatic carbocycles. The third-order valence-electron chi connectivity index (χ3n) is 3.23. The maximum absolute atomic E-state index is 11.5. The first-order valence-corrected chi connectivity index (χ1v) is 6.69. The van der Waals surface area contributed by atoms with Gasteiger partial charge >= 0.3 is 0 Å². The predicted octanol–water partition coefficient (Wildman–Crippen LogP) is 3.71. The average molecular weight is 265 g/mol. The van der Waals surface area contributed by atoms with Crippen molar-refractivity contribution in [3.63, 3.8) is 0 Å². The SMILES string of the molecule is CC(=O)N(C)C/C(=C/c1ccccc1)c1ccccc1. The maximum Gasteiger partial charge on any atom is 0.219 e. The number of hydrogen-bond acceptors (Lipinski definition) is 1. The van der Waals surface area contributed by atoms with E-state index in [0.29, 0.717) is 6.54 Å². The van der Waals surface area contributed by atoms with Crippen molar-refractivity contribution in [3.05, 3.63) is 71.8 Å². The Bertz CT molecular complexity index is 587. The van der Waals surface area contributed by atoms with Gasteiger partial charge in [0.1, 0.15) is 0 Å². The summed E-state index contributed by atoms with van der Waals surface area (Å²) in [7, 11) is 1.82. The summed E-state index contributed by atoms with van der Waals surface area (Å²) >= 11 is 0. The second-order valence-corrected chi connectivity index (χ2v) is 4.82. The van der Waals surface area contributed by atoms with Crippen molar-refractivity contribution < 1.29 is 4.79 Å². The second-order valence-electron chi connectivity index (χ2n) is 4.82. The molecule has 2 heteroatoms. The molecule has 2 aromatic carbocycles. The van der Waals surface area contributed by atoms with Crippen LogP contribution in [0.2, 0.25) is 0 Å². The van der Waals surface area contributed by atoms with Crippen LogP contribution in [0.25, 0.3) is 11.6 Å². The monoisotopic (exact) mass is 265 g/mol. The fraction of sp³-hybridized carbons (Fsp3) is 0.167. The van der Waals surface area contributed by atoms with E-state index in [9.17, 15) is 4.79 Å². The number of amides is 1. The summed E-state index contributed by atoms with van der Waals surface area (Å²) in [6.45, 7) is 2.19. The number of hydrogen-bond donors (Lipinski definition) is 0. The minimum absolute atomic E-state index is 0.0693. The zero-order chi connectivity index (χ0) is 14.4. The van der Waals surface area contributed by atoms with E-state index in [-0.39, 0.29) is 5.91 Å². The van der Waals surface area contributed by atoms with Gasteiger partial charge < -0.3 is 4.90 Å². The third-order valence-corrected chi connectivity index (χ3v) is 3.23. The molecule has 0 spiro atoms. The zero-order valence-corrected chi connectivity index (χ0v) is 11.9. The van der Waals surface area contributed by atoms with Crippen molar-refractivity contribution in [2.24, 2.45) is 0 Å². The molecule has 0 unspecified atom stereocenters. The van der Waals surface area contributed by atoms with Gasteiger partial charge in [0.2, 0.25) is 5.91 Å². The van der Waals surface area contributed by atoms with E-state index in [0.717, 1.165) is 16.7 Å². The summed E-state index contributed by atoms with van der Waals surface area (Å²) in [5.41, 5.74) is 3.42. The Morgan fingerprint density at radius 2 is 1.55 bits per heavy atom. The molecule has 20 heavy (non-hydrogen) atoms. The lowest BCUT2D eigenvalue weighted by atomic mass is 10.0. The van der Waals surface area contributed by atoms with Crippen molar-refractivity contribution in [2.75, 3.05) is 13.6 Å². The normalized spacial score (nSPS) is 11.2. The number of likely N-dealkylation sites (N-methyl/N-ethyl adjacent to an activating group) is 1. The predicted molar refractivity (Wildman–Crippen MR) is 84.1 cm³/mol. The van der Waals surface area contributed by atoms with Crippen LogP contribution < -0.4 is 0 Å². The highest BCUT2D eigenvalue weighted by Crippen LogP contribution is 2.19. The second kappa shape index (κ2) is 6.71. The minimum atomic E-state index is 0.0693. The molecule has 0 aliphatic rings. The fourth-order valence-corrected chi connectivity index (χ4v) is 1.99. The topological polar surface area (TPSA) is 20.3 Å². The number of nitrogens with zero attached hydrogens (tertiary/aromatic N) is 1. The van der Waals surface area contributed by atoms with Gasteiger partial charge in [-0.2, -0.15) is 0 Å². The molecule has 0 aromatic heterocycles. The van der Waals surface area contributed by atoms with Crippen LogP contribution in [0.5, 0.6) is 0 Å². The highest BCUT2D eigenvalue weighted by Gasteiger charge is 2.08. The summed E-state index contributed by atoms with van der Waals surface area (Å²) in [5.74, 6) is 0.0693. The quantitative estimate of drug-likeness (QED) is 0.772. The van der Waals surface area contributed by atoms with Gasteiger partial charge in [-0.05, 0) is 22.8 Å². The molecule has 102 valence electrons. The summed E-state index contributed by atoms with van der Waals surface area (Å²) in [6.07, 6.45) is 2.13. The number of benzene rings is 2. The molecule has 2 nitrogen and oxygen atoms in total. The highest BCUT2D eigenvalue weighted by atomic mass is 16.2. The first-order chi connectivity index (χ1) is 9.66. The molecule has 0 aliphatic heterocycles. The Kier molecular flexibility index (Phi) is 4.72. The number of rotatable bonds is 4. The summed E-state index contributed by atoms with van der Waals surface area (Å²) in [6, 6.07) is 20.3. The van der Waals surface area contributed by atoms with Crippen molar-refractivity contribution in [2.45, 2.75) is 6.92 Å². The molecule has 0 saturated heterocycles. The molecular weight excluding hydrogens is 246 g/mol. The first-order valence-electron chi connectivity index (χ1n) is 6.69. The fourth-order valence-electron chi connectivity index (χ4n) is 1.99. The summed E-state index contributed by atoms with van der Waals surface area (Å²) in [5, 5.41) is 0.